The molecule has 0 fully saturated rings. The molecule has 0 saturated carbocycles. The van der Waals surface area contributed by atoms with Crippen LogP contribution in [0.25, 0.3) is 0 Å². The number of nitrogens with zero attached hydrogens (tertiary/aromatic N) is 1. The van der Waals surface area contributed by atoms with E-state index in [1.54, 1.807) is 24.3 Å². The number of rotatable bonds is 9. The van der Waals surface area contributed by atoms with E-state index in [-0.39, 0.29) is 34.9 Å². The van der Waals surface area contributed by atoms with Crippen LogP contribution in [0.15, 0.2) is 66.7 Å². The molecule has 0 aromatic heterocycles. The van der Waals surface area contributed by atoms with E-state index in [1.807, 2.05) is 6.07 Å². The van der Waals surface area contributed by atoms with Crippen LogP contribution < -0.4 is 24.8 Å². The Labute approximate surface area is 198 Å². The minimum Gasteiger partial charge on any atom is -0.493 e. The van der Waals surface area contributed by atoms with Gasteiger partial charge in [0.25, 0.3) is 5.91 Å². The number of benzene rings is 3. The molecule has 0 aliphatic carbocycles. The molecule has 0 saturated heterocycles. The molecule has 0 aliphatic rings. The average Bonchev–Trinajstić information content (AvgIpc) is 2.82. The summed E-state index contributed by atoms with van der Waals surface area (Å²) in [6, 6.07) is 17.9. The fourth-order valence-corrected chi connectivity index (χ4v) is 4.19. The lowest BCUT2D eigenvalue weighted by Crippen LogP contribution is -2.31. The second kappa shape index (κ2) is 10.3. The molecule has 0 unspecified atom stereocenters. The largest absolute Gasteiger partial charge is 0.493 e. The summed E-state index contributed by atoms with van der Waals surface area (Å²) in [5.74, 6) is -0.649. The van der Waals surface area contributed by atoms with Crippen LogP contribution in [0.4, 0.5) is 11.4 Å². The number of primary amides is 1. The summed E-state index contributed by atoms with van der Waals surface area (Å²) < 4.78 is 37.4. The lowest BCUT2D eigenvalue weighted by molar-refractivity contribution is 0.0998. The van der Waals surface area contributed by atoms with Gasteiger partial charge in [-0.25, -0.2) is 8.42 Å². The molecule has 0 aliphatic heterocycles. The minimum absolute atomic E-state index is 0.00272. The Morgan fingerprint density at radius 3 is 2.06 bits per heavy atom. The van der Waals surface area contributed by atoms with Crippen LogP contribution in [0.2, 0.25) is 0 Å². The van der Waals surface area contributed by atoms with Crippen molar-refractivity contribution in [2.75, 3.05) is 30.1 Å². The first-order valence-corrected chi connectivity index (χ1v) is 12.0. The highest BCUT2D eigenvalue weighted by Crippen LogP contribution is 2.37. The van der Waals surface area contributed by atoms with E-state index < -0.39 is 21.8 Å². The Morgan fingerprint density at radius 2 is 1.53 bits per heavy atom. The third kappa shape index (κ3) is 5.65. The monoisotopic (exact) mass is 483 g/mol. The number of hydrogen-bond donors (Lipinski definition) is 2. The maximum absolute atomic E-state index is 13.3. The minimum atomic E-state index is -3.80. The van der Waals surface area contributed by atoms with Gasteiger partial charge in [0.05, 0.1) is 38.3 Å². The average molecular weight is 484 g/mol. The van der Waals surface area contributed by atoms with Crippen LogP contribution in [0.1, 0.15) is 26.3 Å². The van der Waals surface area contributed by atoms with Gasteiger partial charge in [-0.2, -0.15) is 0 Å². The summed E-state index contributed by atoms with van der Waals surface area (Å²) in [4.78, 5) is 24.6. The Kier molecular flexibility index (Phi) is 7.42. The fraction of sp³-hybridized carbons (Fsp3) is 0.167. The molecule has 34 heavy (non-hydrogen) atoms. The third-order valence-electron chi connectivity index (χ3n) is 5.01. The number of anilines is 2. The zero-order chi connectivity index (χ0) is 24.9. The summed E-state index contributed by atoms with van der Waals surface area (Å²) in [6.07, 6.45) is 1.07. The Balaban J connectivity index is 2.09. The molecule has 3 aromatic rings. The predicted octanol–water partition coefficient (Wildman–Crippen LogP) is 3.02. The van der Waals surface area contributed by atoms with Gasteiger partial charge in [-0.3, -0.25) is 13.9 Å². The number of nitrogens with two attached hydrogens (primary N) is 1. The maximum Gasteiger partial charge on any atom is 0.257 e. The number of carbonyl (C=O) groups is 2. The van der Waals surface area contributed by atoms with Crippen molar-refractivity contribution in [1.29, 1.82) is 0 Å². The number of amides is 2. The Bertz CT molecular complexity index is 1290. The molecule has 3 rings (SSSR count). The lowest BCUT2D eigenvalue weighted by atomic mass is 10.1. The van der Waals surface area contributed by atoms with Crippen molar-refractivity contribution < 1.29 is 27.5 Å². The van der Waals surface area contributed by atoms with Gasteiger partial charge in [-0.15, -0.1) is 0 Å². The normalized spacial score (nSPS) is 10.9. The van der Waals surface area contributed by atoms with Crippen LogP contribution >= 0.6 is 0 Å². The summed E-state index contributed by atoms with van der Waals surface area (Å²) in [5, 5.41) is 2.71. The highest BCUT2D eigenvalue weighted by Gasteiger charge is 2.26. The van der Waals surface area contributed by atoms with Crippen molar-refractivity contribution in [3.8, 4) is 11.5 Å². The van der Waals surface area contributed by atoms with Crippen molar-refractivity contribution in [3.05, 3.63) is 83.4 Å². The van der Waals surface area contributed by atoms with E-state index in [4.69, 9.17) is 15.2 Å². The zero-order valence-electron chi connectivity index (χ0n) is 18.9. The van der Waals surface area contributed by atoms with Crippen molar-refractivity contribution in [1.82, 2.24) is 0 Å². The van der Waals surface area contributed by atoms with E-state index in [9.17, 15) is 18.0 Å². The van der Waals surface area contributed by atoms with Crippen LogP contribution in [0.5, 0.6) is 11.5 Å². The highest BCUT2D eigenvalue weighted by molar-refractivity contribution is 7.92. The second-order valence-electron chi connectivity index (χ2n) is 7.38. The summed E-state index contributed by atoms with van der Waals surface area (Å²) in [7, 11) is -0.962. The Hall–Kier alpha value is -4.05. The SMILES string of the molecule is COc1cc(C(=O)Nc2ccc(C(N)=O)cc2)c(N(Cc2ccccc2)S(C)(=O)=O)cc1OC. The van der Waals surface area contributed by atoms with Gasteiger partial charge in [-0.05, 0) is 35.9 Å². The van der Waals surface area contributed by atoms with E-state index >= 15 is 0 Å². The molecule has 0 heterocycles. The Morgan fingerprint density at radius 1 is 0.941 bits per heavy atom. The molecule has 0 radical (unpaired) electrons. The fourth-order valence-electron chi connectivity index (χ4n) is 3.30. The van der Waals surface area contributed by atoms with Gasteiger partial charge in [0.15, 0.2) is 11.5 Å². The number of hydrogen-bond acceptors (Lipinski definition) is 6. The van der Waals surface area contributed by atoms with Gasteiger partial charge in [0.2, 0.25) is 15.9 Å². The summed E-state index contributed by atoms with van der Waals surface area (Å²) in [5.41, 5.74) is 6.85. The molecule has 3 aromatic carbocycles. The molecule has 9 nitrogen and oxygen atoms in total. The first-order valence-electron chi connectivity index (χ1n) is 10.1. The molecule has 178 valence electrons. The predicted molar refractivity (Wildman–Crippen MR) is 130 cm³/mol. The van der Waals surface area contributed by atoms with E-state index in [0.717, 1.165) is 16.1 Å². The standard InChI is InChI=1S/C24H25N3O6S/c1-32-21-13-19(24(29)26-18-11-9-17(10-12-18)23(25)28)20(14-22(21)33-2)27(34(3,30)31)15-16-7-5-4-6-8-16/h4-14H,15H2,1-3H3,(H2,25,28)(H,26,29). The smallest absolute Gasteiger partial charge is 0.257 e. The van der Waals surface area contributed by atoms with Crippen LogP contribution in [0, 0.1) is 0 Å². The van der Waals surface area contributed by atoms with Crippen LogP contribution in [-0.4, -0.2) is 40.7 Å². The maximum atomic E-state index is 13.3. The summed E-state index contributed by atoms with van der Waals surface area (Å²) >= 11 is 0. The molecular weight excluding hydrogens is 458 g/mol. The highest BCUT2D eigenvalue weighted by atomic mass is 32.2. The molecule has 10 heteroatoms. The topological polar surface area (TPSA) is 128 Å². The van der Waals surface area contributed by atoms with Gasteiger partial charge in [-0.1, -0.05) is 30.3 Å². The number of carbonyl (C=O) groups excluding carboxylic acids is 2. The van der Waals surface area contributed by atoms with Gasteiger partial charge in [0, 0.05) is 17.3 Å². The number of nitrogens with one attached hydrogen (secondary N) is 1. The number of ether oxygens (including phenoxy) is 2. The van der Waals surface area contributed by atoms with Crippen LogP contribution in [-0.2, 0) is 16.6 Å². The van der Waals surface area contributed by atoms with Crippen molar-refractivity contribution in [3.63, 3.8) is 0 Å². The molecule has 0 atom stereocenters. The second-order valence-corrected chi connectivity index (χ2v) is 9.28. The third-order valence-corrected chi connectivity index (χ3v) is 6.14. The van der Waals surface area contributed by atoms with E-state index in [0.29, 0.717) is 5.69 Å². The molecular formula is C24H25N3O6S. The molecule has 2 amide bonds. The molecule has 0 spiro atoms. The number of sulfonamides is 1. The number of methoxy groups -OCH3 is 2. The van der Waals surface area contributed by atoms with Crippen molar-refractivity contribution in [2.45, 2.75) is 6.54 Å². The van der Waals surface area contributed by atoms with Gasteiger partial charge < -0.3 is 20.5 Å². The quantitative estimate of drug-likeness (QED) is 0.482. The van der Waals surface area contributed by atoms with Crippen LogP contribution in [0.3, 0.4) is 0 Å². The van der Waals surface area contributed by atoms with Crippen molar-refractivity contribution >= 4 is 33.2 Å². The summed E-state index contributed by atoms with van der Waals surface area (Å²) in [6.45, 7) is 0.00272. The van der Waals surface area contributed by atoms with Crippen molar-refractivity contribution in [2.24, 2.45) is 5.73 Å². The first kappa shape index (κ1) is 24.6. The van der Waals surface area contributed by atoms with E-state index in [2.05, 4.69) is 5.32 Å². The zero-order valence-corrected chi connectivity index (χ0v) is 19.8. The molecule has 3 N–H and O–H groups in total. The van der Waals surface area contributed by atoms with Gasteiger partial charge in [0.1, 0.15) is 0 Å². The van der Waals surface area contributed by atoms with Gasteiger partial charge >= 0.3 is 0 Å². The molecule has 0 bridgehead atoms. The lowest BCUT2D eigenvalue weighted by Gasteiger charge is -2.26. The van der Waals surface area contributed by atoms with E-state index in [1.165, 1.54) is 50.6 Å². The first-order chi connectivity index (χ1) is 16.1.